The Hall–Kier alpha value is -5.53. The second kappa shape index (κ2) is 30.9. The van der Waals surface area contributed by atoms with Gasteiger partial charge in [0, 0.05) is 27.7 Å². The van der Waals surface area contributed by atoms with Crippen molar-refractivity contribution in [3.05, 3.63) is 121 Å². The highest BCUT2D eigenvalue weighted by Gasteiger charge is 2.28. The molecule has 0 aliphatic heterocycles. The van der Waals surface area contributed by atoms with Gasteiger partial charge in [0.1, 0.15) is 39.6 Å². The Balaban J connectivity index is 0.000000525. The third-order valence-corrected chi connectivity index (χ3v) is 12.8. The molecule has 0 bridgehead atoms. The SMILES string of the molecule is CCC(C)(C)C(=O)OCCOC(=O)/C=C/c1cc(C)c(C)cc1C.CCC(C)(C)C(=O)OCCOC(=O)/C=C/c1ccc(C)c(Br)c1.CCC(C)(C)C(=O)OCCOC(=O)/C=C/c1ccc(C)c(Cl)c1. The van der Waals surface area contributed by atoms with Gasteiger partial charge >= 0.3 is 35.8 Å². The van der Waals surface area contributed by atoms with Gasteiger partial charge in [-0.1, -0.05) is 84.7 Å². The van der Waals surface area contributed by atoms with Crippen molar-refractivity contribution in [2.24, 2.45) is 16.2 Å². The lowest BCUT2D eigenvalue weighted by atomic mass is 9.91. The summed E-state index contributed by atoms with van der Waals surface area (Å²) in [5, 5.41) is 0.644. The molecule has 384 valence electrons. The van der Waals surface area contributed by atoms with Crippen LogP contribution in [0.4, 0.5) is 0 Å². The van der Waals surface area contributed by atoms with Crippen LogP contribution in [0.1, 0.15) is 126 Å². The highest BCUT2D eigenvalue weighted by Crippen LogP contribution is 2.24. The number of hydrogen-bond acceptors (Lipinski definition) is 12. The van der Waals surface area contributed by atoms with Crippen molar-refractivity contribution in [1.82, 2.24) is 0 Å². The first-order valence-electron chi connectivity index (χ1n) is 23.4. The zero-order valence-electron chi connectivity index (χ0n) is 43.6. The van der Waals surface area contributed by atoms with Crippen LogP contribution >= 0.6 is 27.5 Å². The number of carbonyl (C=O) groups excluding carboxylic acids is 6. The van der Waals surface area contributed by atoms with Crippen LogP contribution in [-0.4, -0.2) is 75.5 Å². The van der Waals surface area contributed by atoms with E-state index in [1.165, 1.54) is 29.4 Å². The number of ether oxygens (including phenoxy) is 6. The Bertz CT molecular complexity index is 2220. The second-order valence-electron chi connectivity index (χ2n) is 18.4. The van der Waals surface area contributed by atoms with Crippen molar-refractivity contribution in [2.45, 2.75) is 116 Å². The summed E-state index contributed by atoms with van der Waals surface area (Å²) in [4.78, 5) is 70.1. The molecule has 70 heavy (non-hydrogen) atoms. The standard InChI is InChI=1S/C20H28O4.C18H23BrO4.C18H23ClO4/c1-7-20(5,6)19(22)24-11-10-23-18(21)9-8-17-13-15(3)14(2)12-16(17)4;2*1-5-18(3,4)17(21)23-11-10-22-16(20)9-8-14-7-6-13(2)15(19)12-14/h8-9,12-13H,7,10-11H2,1-6H3;2*6-9,12H,5,10-11H2,1-4H3/b3*9-8+. The average Bonchev–Trinajstić information content (AvgIpc) is 3.32. The molecule has 0 aliphatic carbocycles. The first-order valence-corrected chi connectivity index (χ1v) is 24.5. The molecule has 3 aromatic rings. The predicted octanol–water partition coefficient (Wildman–Crippen LogP) is 12.6. The Morgan fingerprint density at radius 1 is 0.457 bits per heavy atom. The summed E-state index contributed by atoms with van der Waals surface area (Å²) in [5.41, 5.74) is 6.78. The zero-order valence-corrected chi connectivity index (χ0v) is 45.9. The fourth-order valence-corrected chi connectivity index (χ4v) is 5.65. The molecule has 0 atom stereocenters. The van der Waals surface area contributed by atoms with Crippen molar-refractivity contribution in [3.8, 4) is 0 Å². The van der Waals surface area contributed by atoms with Crippen molar-refractivity contribution in [1.29, 1.82) is 0 Å². The first kappa shape index (κ1) is 62.5. The smallest absolute Gasteiger partial charge is 0.330 e. The molecule has 3 aromatic carbocycles. The highest BCUT2D eigenvalue weighted by atomic mass is 79.9. The van der Waals surface area contributed by atoms with Gasteiger partial charge in [-0.25, -0.2) is 14.4 Å². The van der Waals surface area contributed by atoms with E-state index in [-0.39, 0.29) is 57.5 Å². The number of esters is 6. The minimum absolute atomic E-state index is 0.0311. The fraction of sp³-hybridized carbons (Fsp3) is 0.464. The van der Waals surface area contributed by atoms with Crippen molar-refractivity contribution >= 4 is 81.6 Å². The number of hydrogen-bond donors (Lipinski definition) is 0. The van der Waals surface area contributed by atoms with Gasteiger partial charge in [-0.2, -0.15) is 0 Å². The maximum absolute atomic E-state index is 11.8. The summed E-state index contributed by atoms with van der Waals surface area (Å²) in [5.74, 6) is -2.25. The van der Waals surface area contributed by atoms with Crippen molar-refractivity contribution in [2.75, 3.05) is 39.6 Å². The van der Waals surface area contributed by atoms with Crippen LogP contribution in [0.5, 0.6) is 0 Å². The number of carbonyl (C=O) groups is 6. The fourth-order valence-electron chi connectivity index (χ4n) is 5.07. The van der Waals surface area contributed by atoms with Gasteiger partial charge < -0.3 is 28.4 Å². The Kier molecular flexibility index (Phi) is 27.6. The number of aryl methyl sites for hydroxylation is 5. The lowest BCUT2D eigenvalue weighted by Gasteiger charge is -2.20. The lowest BCUT2D eigenvalue weighted by molar-refractivity contribution is -0.158. The van der Waals surface area contributed by atoms with E-state index in [2.05, 4.69) is 28.9 Å². The molecular weight excluding hydrogens is 980 g/mol. The molecule has 0 unspecified atom stereocenters. The summed E-state index contributed by atoms with van der Waals surface area (Å²) >= 11 is 9.45. The minimum atomic E-state index is -0.519. The van der Waals surface area contributed by atoms with Gasteiger partial charge in [0.2, 0.25) is 0 Å². The van der Waals surface area contributed by atoms with E-state index in [9.17, 15) is 28.8 Å². The van der Waals surface area contributed by atoms with Crippen LogP contribution in [-0.2, 0) is 57.2 Å². The molecule has 14 heteroatoms. The Morgan fingerprint density at radius 2 is 0.800 bits per heavy atom. The molecule has 0 aromatic heterocycles. The maximum atomic E-state index is 11.8. The summed E-state index contributed by atoms with van der Waals surface area (Å²) in [6, 6.07) is 15.5. The lowest BCUT2D eigenvalue weighted by Crippen LogP contribution is -2.27. The third-order valence-electron chi connectivity index (χ3n) is 11.5. The molecule has 0 aliphatic rings. The van der Waals surface area contributed by atoms with Gasteiger partial charge in [0.05, 0.1) is 16.2 Å². The third kappa shape index (κ3) is 23.9. The topological polar surface area (TPSA) is 158 Å². The molecule has 0 fully saturated rings. The molecule has 0 saturated heterocycles. The van der Waals surface area contributed by atoms with Crippen LogP contribution in [0.25, 0.3) is 18.2 Å². The van der Waals surface area contributed by atoms with Crippen LogP contribution in [0, 0.1) is 50.9 Å². The van der Waals surface area contributed by atoms with Crippen LogP contribution in [0.15, 0.2) is 71.2 Å². The van der Waals surface area contributed by atoms with Crippen molar-refractivity contribution < 1.29 is 57.2 Å². The van der Waals surface area contributed by atoms with E-state index in [4.69, 9.17) is 40.0 Å². The van der Waals surface area contributed by atoms with Crippen LogP contribution in [0.2, 0.25) is 5.02 Å². The molecule has 0 saturated carbocycles. The van der Waals surface area contributed by atoms with Gasteiger partial charge in [0.25, 0.3) is 0 Å². The summed E-state index contributed by atoms with van der Waals surface area (Å²) in [6.07, 6.45) is 11.2. The van der Waals surface area contributed by atoms with Crippen LogP contribution < -0.4 is 0 Å². The van der Waals surface area contributed by atoms with E-state index < -0.39 is 34.2 Å². The van der Waals surface area contributed by atoms with E-state index in [0.29, 0.717) is 24.3 Å². The Morgan fingerprint density at radius 3 is 1.17 bits per heavy atom. The van der Waals surface area contributed by atoms with Crippen LogP contribution in [0.3, 0.4) is 0 Å². The van der Waals surface area contributed by atoms with Gasteiger partial charge in [-0.15, -0.1) is 0 Å². The monoisotopic (exact) mass is 1050 g/mol. The first-order chi connectivity index (χ1) is 32.7. The molecule has 3 rings (SSSR count). The highest BCUT2D eigenvalue weighted by molar-refractivity contribution is 9.10. The normalized spacial score (nSPS) is 11.5. The quantitative estimate of drug-likeness (QED) is 0.0431. The molecule has 0 heterocycles. The van der Waals surface area contributed by atoms with E-state index >= 15 is 0 Å². The molecule has 0 spiro atoms. The summed E-state index contributed by atoms with van der Waals surface area (Å²) in [7, 11) is 0. The summed E-state index contributed by atoms with van der Waals surface area (Å²) in [6.45, 7) is 27.1. The number of halogens is 2. The molecule has 12 nitrogen and oxygen atoms in total. The molecule has 0 radical (unpaired) electrons. The predicted molar refractivity (Wildman–Crippen MR) is 281 cm³/mol. The number of benzene rings is 3. The Labute approximate surface area is 429 Å². The van der Waals surface area contributed by atoms with Gasteiger partial charge in [-0.05, 0) is 170 Å². The largest absolute Gasteiger partial charge is 0.462 e. The minimum Gasteiger partial charge on any atom is -0.462 e. The van der Waals surface area contributed by atoms with E-state index in [1.807, 2.05) is 126 Å². The van der Waals surface area contributed by atoms with Gasteiger partial charge in [-0.3, -0.25) is 14.4 Å². The van der Waals surface area contributed by atoms with Gasteiger partial charge in [0.15, 0.2) is 0 Å². The zero-order chi connectivity index (χ0) is 53.2. The van der Waals surface area contributed by atoms with E-state index in [1.54, 1.807) is 24.3 Å². The molecular formula is C56H74BrClO12. The second-order valence-corrected chi connectivity index (χ2v) is 19.7. The van der Waals surface area contributed by atoms with E-state index in [0.717, 1.165) is 37.9 Å². The molecule has 0 N–H and O–H groups in total. The average molecular weight is 1050 g/mol. The maximum Gasteiger partial charge on any atom is 0.330 e. The van der Waals surface area contributed by atoms with Crippen molar-refractivity contribution in [3.63, 3.8) is 0 Å². The number of rotatable bonds is 21. The summed E-state index contributed by atoms with van der Waals surface area (Å²) < 4.78 is 31.3. The molecule has 0 amide bonds.